The Morgan fingerprint density at radius 3 is 2.45 bits per heavy atom. The molecular weight excluding hydrogens is 449 g/mol. The monoisotopic (exact) mass is 473 g/mol. The average Bonchev–Trinajstić information content (AvgIpc) is 3.31. The Kier molecular flexibility index (Phi) is 7.62. The maximum atomic E-state index is 14.0. The van der Waals surface area contributed by atoms with Gasteiger partial charge in [0.25, 0.3) is 5.91 Å². The highest BCUT2D eigenvalue weighted by atomic mass is 32.2. The SMILES string of the molecule is CC(C)[C@H](NS(=O)(=O)c1ccccc1F)C(=O)NCc1cccc(NC(=O)c2ccco2)c1. The minimum atomic E-state index is -4.25. The van der Waals surface area contributed by atoms with Crippen LogP contribution in [0.25, 0.3) is 0 Å². The van der Waals surface area contributed by atoms with Gasteiger partial charge in [0.2, 0.25) is 15.9 Å². The minimum Gasteiger partial charge on any atom is -0.459 e. The number of hydrogen-bond donors (Lipinski definition) is 3. The van der Waals surface area contributed by atoms with Gasteiger partial charge in [0, 0.05) is 12.2 Å². The van der Waals surface area contributed by atoms with Crippen LogP contribution in [-0.2, 0) is 21.4 Å². The van der Waals surface area contributed by atoms with Gasteiger partial charge in [-0.15, -0.1) is 0 Å². The fraction of sp³-hybridized carbons (Fsp3) is 0.217. The zero-order valence-corrected chi connectivity index (χ0v) is 18.9. The molecular formula is C23H24FN3O5S. The van der Waals surface area contributed by atoms with Crippen LogP contribution in [0.2, 0.25) is 0 Å². The largest absolute Gasteiger partial charge is 0.459 e. The first kappa shape index (κ1) is 24.1. The summed E-state index contributed by atoms with van der Waals surface area (Å²) in [5.74, 6) is -2.11. The molecule has 0 saturated heterocycles. The van der Waals surface area contributed by atoms with Crippen LogP contribution in [0.4, 0.5) is 10.1 Å². The summed E-state index contributed by atoms with van der Waals surface area (Å²) in [5, 5.41) is 5.38. The number of amides is 2. The first-order valence-electron chi connectivity index (χ1n) is 10.2. The van der Waals surface area contributed by atoms with Gasteiger partial charge in [0.15, 0.2) is 5.76 Å². The predicted octanol–water partition coefficient (Wildman–Crippen LogP) is 3.29. The van der Waals surface area contributed by atoms with Crippen LogP contribution in [-0.4, -0.2) is 26.3 Å². The number of anilines is 1. The van der Waals surface area contributed by atoms with Gasteiger partial charge in [-0.2, -0.15) is 4.72 Å². The number of carbonyl (C=O) groups excluding carboxylic acids is 2. The highest BCUT2D eigenvalue weighted by Crippen LogP contribution is 2.16. The summed E-state index contributed by atoms with van der Waals surface area (Å²) < 4.78 is 46.5. The Balaban J connectivity index is 1.65. The Hall–Kier alpha value is -3.50. The molecule has 33 heavy (non-hydrogen) atoms. The molecule has 3 N–H and O–H groups in total. The van der Waals surface area contributed by atoms with Crippen LogP contribution in [0.5, 0.6) is 0 Å². The van der Waals surface area contributed by atoms with Gasteiger partial charge in [0.05, 0.1) is 6.26 Å². The van der Waals surface area contributed by atoms with E-state index in [-0.39, 0.29) is 12.3 Å². The van der Waals surface area contributed by atoms with E-state index >= 15 is 0 Å². The molecule has 3 rings (SSSR count). The van der Waals surface area contributed by atoms with Gasteiger partial charge < -0.3 is 15.1 Å². The highest BCUT2D eigenvalue weighted by Gasteiger charge is 2.29. The van der Waals surface area contributed by atoms with Crippen LogP contribution < -0.4 is 15.4 Å². The second-order valence-electron chi connectivity index (χ2n) is 7.62. The van der Waals surface area contributed by atoms with E-state index in [1.54, 1.807) is 44.2 Å². The molecule has 1 heterocycles. The van der Waals surface area contributed by atoms with Crippen LogP contribution in [0, 0.1) is 11.7 Å². The molecule has 1 aromatic heterocycles. The Labute approximate surface area is 191 Å². The zero-order chi connectivity index (χ0) is 24.0. The van der Waals surface area contributed by atoms with E-state index in [1.165, 1.54) is 24.5 Å². The molecule has 0 radical (unpaired) electrons. The molecule has 0 spiro atoms. The number of nitrogens with one attached hydrogen (secondary N) is 3. The normalized spacial score (nSPS) is 12.4. The van der Waals surface area contributed by atoms with Crippen LogP contribution in [0.3, 0.4) is 0 Å². The third kappa shape index (κ3) is 6.27. The van der Waals surface area contributed by atoms with Crippen molar-refractivity contribution in [3.8, 4) is 0 Å². The van der Waals surface area contributed by atoms with E-state index in [4.69, 9.17) is 4.42 Å². The number of halogens is 1. The van der Waals surface area contributed by atoms with Crippen molar-refractivity contribution in [2.24, 2.45) is 5.92 Å². The Bertz CT molecular complexity index is 1230. The molecule has 1 atom stereocenters. The van der Waals surface area contributed by atoms with Crippen molar-refractivity contribution < 1.29 is 26.8 Å². The van der Waals surface area contributed by atoms with E-state index in [1.807, 2.05) is 0 Å². The van der Waals surface area contributed by atoms with Crippen molar-refractivity contribution in [1.29, 1.82) is 0 Å². The van der Waals surface area contributed by atoms with Crippen molar-refractivity contribution in [3.63, 3.8) is 0 Å². The van der Waals surface area contributed by atoms with Crippen molar-refractivity contribution >= 4 is 27.5 Å². The van der Waals surface area contributed by atoms with Gasteiger partial charge in [-0.1, -0.05) is 38.1 Å². The van der Waals surface area contributed by atoms with E-state index in [0.29, 0.717) is 11.3 Å². The second-order valence-corrected chi connectivity index (χ2v) is 9.31. The Morgan fingerprint density at radius 1 is 1.03 bits per heavy atom. The molecule has 8 nitrogen and oxygen atoms in total. The molecule has 0 bridgehead atoms. The number of benzene rings is 2. The summed E-state index contributed by atoms with van der Waals surface area (Å²) in [6.07, 6.45) is 1.40. The van der Waals surface area contributed by atoms with Gasteiger partial charge in [-0.3, -0.25) is 9.59 Å². The molecule has 0 aliphatic carbocycles. The number of rotatable bonds is 9. The second kappa shape index (κ2) is 10.4. The lowest BCUT2D eigenvalue weighted by molar-refractivity contribution is -0.123. The van der Waals surface area contributed by atoms with E-state index < -0.39 is 44.5 Å². The third-order valence-electron chi connectivity index (χ3n) is 4.75. The number of carbonyl (C=O) groups is 2. The molecule has 0 saturated carbocycles. The van der Waals surface area contributed by atoms with E-state index in [9.17, 15) is 22.4 Å². The first-order valence-corrected chi connectivity index (χ1v) is 11.6. The van der Waals surface area contributed by atoms with E-state index in [0.717, 1.165) is 12.1 Å². The maximum Gasteiger partial charge on any atom is 0.291 e. The van der Waals surface area contributed by atoms with Crippen molar-refractivity contribution in [3.05, 3.63) is 84.1 Å². The molecule has 2 aromatic carbocycles. The molecule has 0 aliphatic heterocycles. The van der Waals surface area contributed by atoms with E-state index in [2.05, 4.69) is 15.4 Å². The summed E-state index contributed by atoms with van der Waals surface area (Å²) in [6.45, 7) is 3.45. The van der Waals surface area contributed by atoms with Gasteiger partial charge in [0.1, 0.15) is 16.8 Å². The van der Waals surface area contributed by atoms with Gasteiger partial charge in [-0.25, -0.2) is 12.8 Å². The minimum absolute atomic E-state index is 0.0912. The van der Waals surface area contributed by atoms with Crippen LogP contribution in [0.1, 0.15) is 30.0 Å². The molecule has 10 heteroatoms. The maximum absolute atomic E-state index is 14.0. The molecule has 0 aliphatic rings. The Morgan fingerprint density at radius 2 is 1.79 bits per heavy atom. The summed E-state index contributed by atoms with van der Waals surface area (Å²) in [4.78, 5) is 24.4. The van der Waals surface area contributed by atoms with Crippen LogP contribution >= 0.6 is 0 Å². The fourth-order valence-corrected chi connectivity index (χ4v) is 4.47. The molecule has 174 valence electrons. The summed E-state index contributed by atoms with van der Waals surface area (Å²) in [6, 6.07) is 13.8. The molecule has 0 unspecified atom stereocenters. The summed E-state index contributed by atoms with van der Waals surface area (Å²) >= 11 is 0. The quantitative estimate of drug-likeness (QED) is 0.441. The van der Waals surface area contributed by atoms with Crippen molar-refractivity contribution in [2.45, 2.75) is 31.3 Å². The smallest absolute Gasteiger partial charge is 0.291 e. The highest BCUT2D eigenvalue weighted by molar-refractivity contribution is 7.89. The summed E-state index contributed by atoms with van der Waals surface area (Å²) in [7, 11) is -4.25. The lowest BCUT2D eigenvalue weighted by atomic mass is 10.0. The molecule has 3 aromatic rings. The van der Waals surface area contributed by atoms with Gasteiger partial charge in [-0.05, 0) is 47.9 Å². The molecule has 2 amide bonds. The number of sulfonamides is 1. The fourth-order valence-electron chi connectivity index (χ4n) is 3.04. The topological polar surface area (TPSA) is 118 Å². The first-order chi connectivity index (χ1) is 15.7. The standard InChI is InChI=1S/C23H24FN3O5S/c1-15(2)21(27-33(30,31)20-11-4-3-9-18(20)24)23(29)25-14-16-7-5-8-17(13-16)26-22(28)19-10-6-12-32-19/h3-13,15,21,27H,14H2,1-2H3,(H,25,29)(H,26,28)/t21-/m0/s1. The third-order valence-corrected chi connectivity index (χ3v) is 6.23. The van der Waals surface area contributed by atoms with Gasteiger partial charge >= 0.3 is 0 Å². The lowest BCUT2D eigenvalue weighted by Gasteiger charge is -2.22. The predicted molar refractivity (Wildman–Crippen MR) is 120 cm³/mol. The number of hydrogen-bond acceptors (Lipinski definition) is 5. The molecule has 0 fully saturated rings. The average molecular weight is 474 g/mol. The van der Waals surface area contributed by atoms with Crippen molar-refractivity contribution in [1.82, 2.24) is 10.0 Å². The zero-order valence-electron chi connectivity index (χ0n) is 18.0. The summed E-state index contributed by atoms with van der Waals surface area (Å²) in [5.41, 5.74) is 1.18. The lowest BCUT2D eigenvalue weighted by Crippen LogP contribution is -2.49. The number of furan rings is 1. The van der Waals surface area contributed by atoms with Crippen LogP contribution in [0.15, 0.2) is 76.2 Å². The van der Waals surface area contributed by atoms with Crippen molar-refractivity contribution in [2.75, 3.05) is 5.32 Å².